The summed E-state index contributed by atoms with van der Waals surface area (Å²) in [5.74, 6) is 5.82. The summed E-state index contributed by atoms with van der Waals surface area (Å²) < 4.78 is 0.813. The predicted octanol–water partition coefficient (Wildman–Crippen LogP) is -1.98. The van der Waals surface area contributed by atoms with E-state index >= 15 is 0 Å². The van der Waals surface area contributed by atoms with Crippen LogP contribution < -0.4 is 33.2 Å². The smallest absolute Gasteiger partial charge is 1.00 e. The summed E-state index contributed by atoms with van der Waals surface area (Å²) >= 11 is -0.184. The molecule has 4 nitrogen and oxygen atoms in total. The number of ketones is 1. The van der Waals surface area contributed by atoms with E-state index in [4.69, 9.17) is 5.84 Å². The number of Topliss-reactive ketones (excluding diaryl/α,β-unsaturated/α-hetero) is 1. The van der Waals surface area contributed by atoms with Gasteiger partial charge in [0.25, 0.3) is 0 Å². The second-order valence-corrected chi connectivity index (χ2v) is 8.83. The number of hydrazine groups is 1. The number of carbonyl (C=O) groups excluding carboxylic acids is 1. The van der Waals surface area contributed by atoms with Gasteiger partial charge in [0, 0.05) is 0 Å². The Morgan fingerprint density at radius 1 is 1.04 bits per heavy atom. The van der Waals surface area contributed by atoms with Crippen molar-refractivity contribution in [1.29, 1.82) is 0 Å². The van der Waals surface area contributed by atoms with Crippen molar-refractivity contribution in [1.82, 2.24) is 5.43 Å². The number of hydrogen-bond acceptors (Lipinski definition) is 2. The second kappa shape index (κ2) is 9.88. The first-order chi connectivity index (χ1) is 11.4. The summed E-state index contributed by atoms with van der Waals surface area (Å²) in [6.07, 6.45) is 0. The minimum Gasteiger partial charge on any atom is -1.00 e. The first-order valence-corrected chi connectivity index (χ1v) is 9.68. The van der Waals surface area contributed by atoms with Crippen LogP contribution >= 0.6 is 0 Å². The van der Waals surface area contributed by atoms with Gasteiger partial charge in [-0.1, -0.05) is 0 Å². The molecule has 0 aromatic heterocycles. The van der Waals surface area contributed by atoms with Crippen LogP contribution in [-0.4, -0.2) is 31.0 Å². The molecule has 4 N–H and O–H groups in total. The number of carbonyl (C=O) groups is 1. The number of benzene rings is 2. The first kappa shape index (κ1) is 21.6. The Kier molecular flexibility index (Phi) is 8.53. The van der Waals surface area contributed by atoms with Crippen LogP contribution in [0.1, 0.15) is 41.5 Å². The van der Waals surface area contributed by atoms with Gasteiger partial charge < -0.3 is 17.0 Å². The Balaban J connectivity index is 0.00000312. The van der Waals surface area contributed by atoms with E-state index in [1.54, 1.807) is 0 Å². The molecule has 0 radical (unpaired) electrons. The van der Waals surface area contributed by atoms with Crippen molar-refractivity contribution in [2.45, 2.75) is 31.1 Å². The fourth-order valence-electron chi connectivity index (χ4n) is 2.21. The molecule has 134 valence electrons. The van der Waals surface area contributed by atoms with Gasteiger partial charge in [0.05, 0.1) is 0 Å². The number of nitrogens with two attached hydrogens (primary N) is 1. The molecule has 0 fully saturated rings. The third-order valence-corrected chi connectivity index (χ3v) is 5.72. The third kappa shape index (κ3) is 6.75. The molecular weight excluding hydrogens is 445 g/mol. The van der Waals surface area contributed by atoms with Gasteiger partial charge in [0.1, 0.15) is 0 Å². The summed E-state index contributed by atoms with van der Waals surface area (Å²) in [5, 5.41) is 0. The normalized spacial score (nSPS) is 12.9. The van der Waals surface area contributed by atoms with E-state index < -0.39 is 0 Å². The summed E-state index contributed by atoms with van der Waals surface area (Å²) in [6, 6.07) is 19.3. The van der Waals surface area contributed by atoms with Gasteiger partial charge in [-0.2, -0.15) is 0 Å². The number of amidine groups is 1. The van der Waals surface area contributed by atoms with Gasteiger partial charge in [-0.25, -0.2) is 0 Å². The summed E-state index contributed by atoms with van der Waals surface area (Å²) in [4.78, 5) is 16.2. The van der Waals surface area contributed by atoms with E-state index in [-0.39, 0.29) is 48.1 Å². The van der Waals surface area contributed by atoms with Gasteiger partial charge >= 0.3 is 149 Å². The van der Waals surface area contributed by atoms with Gasteiger partial charge in [0.15, 0.2) is 0 Å². The molecule has 0 aliphatic rings. The molecule has 0 saturated carbocycles. The van der Waals surface area contributed by atoms with Gasteiger partial charge in [-0.15, -0.1) is 0 Å². The maximum absolute atomic E-state index is 13.1. The van der Waals surface area contributed by atoms with Crippen molar-refractivity contribution in [2.24, 2.45) is 5.84 Å². The number of rotatable bonds is 5. The second-order valence-electron chi connectivity index (χ2n) is 6.49. The Labute approximate surface area is 166 Å². The summed E-state index contributed by atoms with van der Waals surface area (Å²) in [7, 11) is 0. The van der Waals surface area contributed by atoms with E-state index in [9.17, 15) is 4.79 Å². The molecule has 6 heteroatoms. The molecule has 0 spiro atoms. The molecule has 2 rings (SSSR count). The number of hydrogen-bond donors (Lipinski definition) is 3. The fraction of sp³-hybridized carbons (Fsp3) is 0.263. The Morgan fingerprint density at radius 3 is 2.04 bits per heavy atom. The topological polar surface area (TPSA) is 69.1 Å². The van der Waals surface area contributed by atoms with Crippen LogP contribution in [0.3, 0.4) is 0 Å². The SMILES string of the molecule is CC(C)(C)[NH+]=C(NN)[Se]C(C(=O)c1ccccc1)c1ccccc1.[Br-]. The number of halogens is 1. The molecule has 25 heavy (non-hydrogen) atoms. The van der Waals surface area contributed by atoms with Gasteiger partial charge in [-0.3, -0.25) is 0 Å². The zero-order chi connectivity index (χ0) is 17.6. The van der Waals surface area contributed by atoms with Crippen LogP contribution in [-0.2, 0) is 0 Å². The molecule has 1 unspecified atom stereocenters. The first-order valence-electron chi connectivity index (χ1n) is 7.83. The summed E-state index contributed by atoms with van der Waals surface area (Å²) in [6.45, 7) is 6.20. The van der Waals surface area contributed by atoms with Crippen molar-refractivity contribution >= 4 is 25.5 Å². The zero-order valence-electron chi connectivity index (χ0n) is 14.6. The van der Waals surface area contributed by atoms with Crippen molar-refractivity contribution < 1.29 is 26.8 Å². The Bertz CT molecular complexity index is 700. The van der Waals surface area contributed by atoms with E-state index in [0.29, 0.717) is 0 Å². The molecule has 0 aliphatic heterocycles. The van der Waals surface area contributed by atoms with Crippen molar-refractivity contribution in [3.05, 3.63) is 71.8 Å². The van der Waals surface area contributed by atoms with E-state index in [1.807, 2.05) is 60.7 Å². The Hall–Kier alpha value is -1.46. The monoisotopic (exact) mass is 469 g/mol. The standard InChI is InChI=1S/C19H23N3OSe.BrH/c1-19(2,3)21-18(22-20)24-17(15-12-8-5-9-13-15)16(23)14-10-6-4-7-11-14;/h4-13,17H,20H2,1-3H3,(H,21,22);1H. The quantitative estimate of drug-likeness (QED) is 0.119. The molecule has 0 amide bonds. The summed E-state index contributed by atoms with van der Waals surface area (Å²) in [5.41, 5.74) is 4.35. The predicted molar refractivity (Wildman–Crippen MR) is 98.8 cm³/mol. The molecular formula is C19H24BrN3OSe. The van der Waals surface area contributed by atoms with Gasteiger partial charge in [0.2, 0.25) is 0 Å². The maximum atomic E-state index is 13.1. The van der Waals surface area contributed by atoms with E-state index in [1.165, 1.54) is 0 Å². The van der Waals surface area contributed by atoms with Crippen molar-refractivity contribution in [3.63, 3.8) is 0 Å². The molecule has 0 bridgehead atoms. The third-order valence-electron chi connectivity index (χ3n) is 3.25. The zero-order valence-corrected chi connectivity index (χ0v) is 17.9. The van der Waals surface area contributed by atoms with Crippen LogP contribution in [0.15, 0.2) is 60.7 Å². The van der Waals surface area contributed by atoms with Crippen LogP contribution in [0.25, 0.3) is 0 Å². The van der Waals surface area contributed by atoms with Crippen LogP contribution in [0.4, 0.5) is 0 Å². The molecule has 1 atom stereocenters. The van der Waals surface area contributed by atoms with Crippen LogP contribution in [0.2, 0.25) is 0 Å². The van der Waals surface area contributed by atoms with E-state index in [0.717, 1.165) is 15.9 Å². The van der Waals surface area contributed by atoms with Gasteiger partial charge in [-0.05, 0) is 0 Å². The molecule has 2 aromatic carbocycles. The van der Waals surface area contributed by atoms with Crippen molar-refractivity contribution in [2.75, 3.05) is 0 Å². The average molecular weight is 469 g/mol. The molecule has 2 aromatic rings. The average Bonchev–Trinajstić information content (AvgIpc) is 2.58. The number of nitrogens with one attached hydrogen (secondary N) is 2. The van der Waals surface area contributed by atoms with Crippen molar-refractivity contribution in [3.8, 4) is 0 Å². The molecule has 0 heterocycles. The molecule has 0 saturated heterocycles. The fourth-order valence-corrected chi connectivity index (χ4v) is 4.74. The van der Waals surface area contributed by atoms with Crippen LogP contribution in [0.5, 0.6) is 0 Å². The maximum Gasteiger partial charge on any atom is -1.00 e. The minimum absolute atomic E-state index is 0. The minimum atomic E-state index is -0.234. The largest absolute Gasteiger partial charge is 1.00 e. The van der Waals surface area contributed by atoms with E-state index in [2.05, 4.69) is 31.2 Å². The Morgan fingerprint density at radius 2 is 1.56 bits per heavy atom. The van der Waals surface area contributed by atoms with Crippen LogP contribution in [0, 0.1) is 0 Å². The molecule has 0 aliphatic carbocycles.